The van der Waals surface area contributed by atoms with E-state index in [0.717, 1.165) is 9.79 Å². The Morgan fingerprint density at radius 1 is 1.05 bits per heavy atom. The molecule has 12 heteroatoms. The van der Waals surface area contributed by atoms with Gasteiger partial charge in [0.15, 0.2) is 0 Å². The molecule has 1 atom stereocenters. The van der Waals surface area contributed by atoms with Gasteiger partial charge in [-0.2, -0.15) is 9.78 Å². The van der Waals surface area contributed by atoms with Gasteiger partial charge in [-0.05, 0) is 60.5 Å². The van der Waals surface area contributed by atoms with Gasteiger partial charge in [0.25, 0.3) is 5.91 Å². The fourth-order valence-corrected chi connectivity index (χ4v) is 5.25. The second-order valence-corrected chi connectivity index (χ2v) is 11.1. The van der Waals surface area contributed by atoms with E-state index in [-0.39, 0.29) is 18.4 Å². The summed E-state index contributed by atoms with van der Waals surface area (Å²) >= 11 is 1.37. The predicted molar refractivity (Wildman–Crippen MR) is 165 cm³/mol. The number of aliphatic carboxylic acids is 1. The zero-order chi connectivity index (χ0) is 31.1. The van der Waals surface area contributed by atoms with Crippen molar-refractivity contribution in [2.45, 2.75) is 29.7 Å². The first kappa shape index (κ1) is 31.0. The summed E-state index contributed by atoms with van der Waals surface area (Å²) in [5, 5.41) is 19.8. The Bertz CT molecular complexity index is 1680. The Balaban J connectivity index is 1.69. The van der Waals surface area contributed by atoms with Crippen LogP contribution in [0, 0.1) is 5.92 Å². The largest absolute Gasteiger partial charge is 0.480 e. The average Bonchev–Trinajstić information content (AvgIpc) is 3.36. The molecular formula is C31H32N6O5S. The van der Waals surface area contributed by atoms with Crippen LogP contribution in [0.2, 0.25) is 0 Å². The first-order chi connectivity index (χ1) is 20.6. The lowest BCUT2D eigenvalue weighted by atomic mass is 10.1. The Kier molecular flexibility index (Phi) is 9.94. The normalized spacial score (nSPS) is 11.9. The third-order valence-electron chi connectivity index (χ3n) is 6.51. The van der Waals surface area contributed by atoms with Crippen molar-refractivity contribution in [1.29, 1.82) is 0 Å². The van der Waals surface area contributed by atoms with Crippen molar-refractivity contribution in [2.75, 3.05) is 20.6 Å². The van der Waals surface area contributed by atoms with Gasteiger partial charge in [-0.3, -0.25) is 14.6 Å². The molecule has 0 spiro atoms. The number of benzene rings is 2. The Morgan fingerprint density at radius 3 is 2.47 bits per heavy atom. The van der Waals surface area contributed by atoms with Crippen LogP contribution in [0.25, 0.3) is 23.1 Å². The summed E-state index contributed by atoms with van der Waals surface area (Å²) in [5.41, 5.74) is 2.23. The van der Waals surface area contributed by atoms with Gasteiger partial charge >= 0.3 is 12.0 Å². The van der Waals surface area contributed by atoms with E-state index < -0.39 is 23.9 Å². The summed E-state index contributed by atoms with van der Waals surface area (Å²) in [4.78, 5) is 57.2. The van der Waals surface area contributed by atoms with Crippen LogP contribution in [-0.2, 0) is 9.59 Å². The molecule has 2 aromatic carbocycles. The quantitative estimate of drug-likeness (QED) is 0.245. The van der Waals surface area contributed by atoms with Crippen molar-refractivity contribution in [3.05, 3.63) is 83.8 Å². The minimum Gasteiger partial charge on any atom is -0.480 e. The summed E-state index contributed by atoms with van der Waals surface area (Å²) in [6.45, 7) is 3.00. The maximum absolute atomic E-state index is 13.6. The average molecular weight is 601 g/mol. The molecule has 0 fully saturated rings. The van der Waals surface area contributed by atoms with Gasteiger partial charge < -0.3 is 20.6 Å². The summed E-state index contributed by atoms with van der Waals surface area (Å²) in [7, 11) is 3.02. The highest BCUT2D eigenvalue weighted by atomic mass is 32.2. The number of aromatic nitrogens is 3. The molecule has 0 bridgehead atoms. The molecule has 0 aliphatic rings. The fourth-order valence-electron chi connectivity index (χ4n) is 4.27. The van der Waals surface area contributed by atoms with E-state index >= 15 is 0 Å². The van der Waals surface area contributed by atoms with E-state index in [1.807, 2.05) is 42.5 Å². The van der Waals surface area contributed by atoms with E-state index in [9.17, 15) is 24.3 Å². The molecule has 43 heavy (non-hydrogen) atoms. The van der Waals surface area contributed by atoms with Crippen molar-refractivity contribution < 1.29 is 24.3 Å². The lowest BCUT2D eigenvalue weighted by Crippen LogP contribution is -2.48. The van der Waals surface area contributed by atoms with E-state index in [1.54, 1.807) is 57.4 Å². The zero-order valence-corrected chi connectivity index (χ0v) is 25.0. The Labute approximate surface area is 253 Å². The van der Waals surface area contributed by atoms with Gasteiger partial charge in [0.1, 0.15) is 12.6 Å². The van der Waals surface area contributed by atoms with Gasteiger partial charge in [0.2, 0.25) is 5.91 Å². The number of carbonyl (C=O) groups excluding carboxylic acids is 3. The van der Waals surface area contributed by atoms with Crippen LogP contribution in [0.3, 0.4) is 0 Å². The number of pyridine rings is 1. The first-order valence-corrected chi connectivity index (χ1v) is 14.3. The summed E-state index contributed by atoms with van der Waals surface area (Å²) in [6, 6.07) is 16.6. The molecule has 0 radical (unpaired) electrons. The van der Waals surface area contributed by atoms with E-state index in [2.05, 4.69) is 20.7 Å². The van der Waals surface area contributed by atoms with Crippen molar-refractivity contribution >= 4 is 58.6 Å². The molecule has 3 N–H and O–H groups in total. The summed E-state index contributed by atoms with van der Waals surface area (Å²) in [6.07, 6.45) is 5.22. The highest BCUT2D eigenvalue weighted by Crippen LogP contribution is 2.33. The Morgan fingerprint density at radius 2 is 1.79 bits per heavy atom. The van der Waals surface area contributed by atoms with E-state index in [4.69, 9.17) is 0 Å². The zero-order valence-electron chi connectivity index (χ0n) is 24.1. The predicted octanol–water partition coefficient (Wildman–Crippen LogP) is 4.24. The number of amides is 3. The molecule has 0 aliphatic carbocycles. The van der Waals surface area contributed by atoms with Crippen molar-refractivity contribution in [3.8, 4) is 0 Å². The molecule has 222 valence electrons. The second kappa shape index (κ2) is 13.8. The van der Waals surface area contributed by atoms with Gasteiger partial charge in [-0.25, -0.2) is 9.59 Å². The SMILES string of the molecule is CNC(=O)c1ccccc1Sc1ccc2c(/C=C/c3ccccn3)nn(C(=O)N(C)CC(=O)N[C@H](C(=O)O)C(C)C)c2c1. The Hall–Kier alpha value is -4.97. The lowest BCUT2D eigenvalue weighted by molar-refractivity contribution is -0.143. The van der Waals surface area contributed by atoms with Crippen molar-refractivity contribution in [2.24, 2.45) is 5.92 Å². The minimum absolute atomic E-state index is 0.214. The second-order valence-electron chi connectivity index (χ2n) is 10.0. The highest BCUT2D eigenvalue weighted by Gasteiger charge is 2.26. The van der Waals surface area contributed by atoms with Crippen molar-refractivity contribution in [3.63, 3.8) is 0 Å². The molecule has 2 aromatic heterocycles. The molecule has 0 saturated carbocycles. The number of carbonyl (C=O) groups is 4. The first-order valence-electron chi connectivity index (χ1n) is 13.5. The molecule has 4 aromatic rings. The standard InChI is InChI=1S/C31H32N6O5S/c1-19(2)28(30(40)41)34-27(38)18-36(4)31(42)37-25-17-21(43-26-11-6-5-10-23(26)29(39)32-3)13-14-22(25)24(35-37)15-12-20-9-7-8-16-33-20/h5-17,19,28H,18H2,1-4H3,(H,32,39)(H,34,38)(H,40,41)/b15-12+/t28-/m0/s1. The smallest absolute Gasteiger partial charge is 0.345 e. The van der Waals surface area contributed by atoms with Crippen molar-refractivity contribution in [1.82, 2.24) is 30.3 Å². The van der Waals surface area contributed by atoms with E-state index in [0.29, 0.717) is 27.9 Å². The van der Waals surface area contributed by atoms with Gasteiger partial charge in [0, 0.05) is 35.5 Å². The molecule has 3 amide bonds. The molecular weight excluding hydrogens is 568 g/mol. The summed E-state index contributed by atoms with van der Waals surface area (Å²) in [5.74, 6) is -2.31. The number of fused-ring (bicyclic) bond motifs is 1. The fraction of sp³-hybridized carbons (Fsp3) is 0.226. The number of hydrogen-bond acceptors (Lipinski definition) is 7. The third-order valence-corrected chi connectivity index (χ3v) is 7.57. The number of likely N-dealkylation sites (N-methyl/N-ethyl adjacent to an activating group) is 1. The van der Waals surface area contributed by atoms with Crippen LogP contribution in [0.4, 0.5) is 4.79 Å². The number of nitrogens with zero attached hydrogens (tertiary/aromatic N) is 4. The number of carboxylic acids is 1. The lowest BCUT2D eigenvalue weighted by Gasteiger charge is -2.21. The molecule has 0 unspecified atom stereocenters. The van der Waals surface area contributed by atoms with Crippen LogP contribution < -0.4 is 10.6 Å². The topological polar surface area (TPSA) is 147 Å². The van der Waals surface area contributed by atoms with Gasteiger partial charge in [-0.15, -0.1) is 0 Å². The van der Waals surface area contributed by atoms with Crippen LogP contribution in [0.1, 0.15) is 35.6 Å². The number of nitrogens with one attached hydrogen (secondary N) is 2. The molecule has 11 nitrogen and oxygen atoms in total. The van der Waals surface area contributed by atoms with Gasteiger partial charge in [-0.1, -0.05) is 43.8 Å². The number of carboxylic acid groups (broad SMARTS) is 1. The monoisotopic (exact) mass is 600 g/mol. The maximum atomic E-state index is 13.6. The molecule has 2 heterocycles. The molecule has 4 rings (SSSR count). The van der Waals surface area contributed by atoms with Crippen LogP contribution >= 0.6 is 11.8 Å². The van der Waals surface area contributed by atoms with Crippen LogP contribution in [0.5, 0.6) is 0 Å². The highest BCUT2D eigenvalue weighted by molar-refractivity contribution is 7.99. The maximum Gasteiger partial charge on any atom is 0.345 e. The van der Waals surface area contributed by atoms with Crippen LogP contribution in [-0.4, -0.2) is 75.3 Å². The third kappa shape index (κ3) is 7.46. The van der Waals surface area contributed by atoms with E-state index in [1.165, 1.54) is 28.4 Å². The minimum atomic E-state index is -1.15. The molecule has 0 saturated heterocycles. The van der Waals surface area contributed by atoms with Gasteiger partial charge in [0.05, 0.1) is 22.5 Å². The summed E-state index contributed by atoms with van der Waals surface area (Å²) < 4.78 is 1.21. The number of hydrogen-bond donors (Lipinski definition) is 3. The van der Waals surface area contributed by atoms with Crippen LogP contribution in [0.15, 0.2) is 76.7 Å². The number of rotatable bonds is 10. The molecule has 0 aliphatic heterocycles.